The third-order valence-corrected chi connectivity index (χ3v) is 2.61. The zero-order chi connectivity index (χ0) is 10.3. The molecule has 1 N–H and O–H groups in total. The van der Waals surface area contributed by atoms with Crippen LogP contribution in [0.1, 0.15) is 24.8 Å². The molecule has 0 saturated carbocycles. The molecule has 1 fully saturated rings. The maximum Gasteiger partial charge on any atom is 0.115 e. The van der Waals surface area contributed by atoms with Crippen molar-refractivity contribution in [2.24, 2.45) is 0 Å². The second-order valence-electron chi connectivity index (χ2n) is 3.85. The van der Waals surface area contributed by atoms with Crippen LogP contribution in [0.25, 0.3) is 0 Å². The van der Waals surface area contributed by atoms with Gasteiger partial charge < -0.3 is 10.1 Å². The highest BCUT2D eigenvalue weighted by Gasteiger charge is 2.14. The van der Waals surface area contributed by atoms with Crippen LogP contribution in [-0.2, 0) is 11.3 Å². The summed E-state index contributed by atoms with van der Waals surface area (Å²) in [5.74, 6) is 0. The highest BCUT2D eigenvalue weighted by Crippen LogP contribution is 2.14. The second kappa shape index (κ2) is 5.78. The molecule has 82 valence electrons. The molecule has 4 heteroatoms. The van der Waals surface area contributed by atoms with E-state index in [4.69, 9.17) is 4.74 Å². The van der Waals surface area contributed by atoms with Crippen LogP contribution in [0, 0.1) is 0 Å². The number of hydrogen-bond donors (Lipinski definition) is 1. The van der Waals surface area contributed by atoms with Crippen molar-refractivity contribution < 1.29 is 4.74 Å². The minimum absolute atomic E-state index is 0.476. The lowest BCUT2D eigenvalue weighted by Crippen LogP contribution is -2.19. The summed E-state index contributed by atoms with van der Waals surface area (Å²) < 4.78 is 5.54. The smallest absolute Gasteiger partial charge is 0.115 e. The molecule has 4 nitrogen and oxygen atoms in total. The van der Waals surface area contributed by atoms with E-state index in [-0.39, 0.29) is 0 Å². The molecule has 0 bridgehead atoms. The third kappa shape index (κ3) is 3.57. The van der Waals surface area contributed by atoms with E-state index in [0.29, 0.717) is 6.10 Å². The van der Waals surface area contributed by atoms with Crippen LogP contribution in [0.2, 0.25) is 0 Å². The Kier molecular flexibility index (Phi) is 4.05. The minimum Gasteiger partial charge on any atom is -0.378 e. The van der Waals surface area contributed by atoms with Gasteiger partial charge in [-0.15, -0.1) is 0 Å². The first-order chi connectivity index (χ1) is 7.45. The normalized spacial score (nSPS) is 20.7. The minimum atomic E-state index is 0.476. The molecule has 1 atom stereocenters. The van der Waals surface area contributed by atoms with Crippen molar-refractivity contribution in [2.75, 3.05) is 13.2 Å². The molecule has 0 amide bonds. The molecule has 1 saturated heterocycles. The molecule has 1 aliphatic heterocycles. The first-order valence-corrected chi connectivity index (χ1v) is 5.51. The first kappa shape index (κ1) is 10.5. The largest absolute Gasteiger partial charge is 0.378 e. The summed E-state index contributed by atoms with van der Waals surface area (Å²) in [6, 6.07) is 0. The molecule has 1 aliphatic rings. The Bertz CT molecular complexity index is 272. The maximum atomic E-state index is 5.54. The molecule has 0 aliphatic carbocycles. The fraction of sp³-hybridized carbons (Fsp3) is 0.636. The predicted octanol–water partition coefficient (Wildman–Crippen LogP) is 1.14. The molecular weight excluding hydrogens is 190 g/mol. The van der Waals surface area contributed by atoms with E-state index in [1.165, 1.54) is 12.8 Å². The summed E-state index contributed by atoms with van der Waals surface area (Å²) in [7, 11) is 0. The van der Waals surface area contributed by atoms with Gasteiger partial charge in [0.15, 0.2) is 0 Å². The summed E-state index contributed by atoms with van der Waals surface area (Å²) in [6.45, 7) is 2.78. The van der Waals surface area contributed by atoms with Gasteiger partial charge in [-0.3, -0.25) is 0 Å². The van der Waals surface area contributed by atoms with Gasteiger partial charge in [-0.25, -0.2) is 9.97 Å². The van der Waals surface area contributed by atoms with E-state index < -0.39 is 0 Å². The van der Waals surface area contributed by atoms with E-state index in [2.05, 4.69) is 15.3 Å². The van der Waals surface area contributed by atoms with Crippen molar-refractivity contribution in [3.05, 3.63) is 24.3 Å². The van der Waals surface area contributed by atoms with Gasteiger partial charge in [0, 0.05) is 31.1 Å². The summed E-state index contributed by atoms with van der Waals surface area (Å²) in [5, 5.41) is 3.37. The molecule has 0 radical (unpaired) electrons. The number of ether oxygens (including phenoxy) is 1. The molecule has 1 aromatic rings. The molecule has 1 unspecified atom stereocenters. The molecule has 15 heavy (non-hydrogen) atoms. The van der Waals surface area contributed by atoms with Crippen molar-refractivity contribution in [3.8, 4) is 0 Å². The second-order valence-corrected chi connectivity index (χ2v) is 3.85. The summed E-state index contributed by atoms with van der Waals surface area (Å²) in [4.78, 5) is 7.93. The molecule has 0 spiro atoms. The van der Waals surface area contributed by atoms with E-state index in [9.17, 15) is 0 Å². The standard InChI is InChI=1S/C11H17N3O/c1-2-11(15-5-1)3-4-12-6-10-7-13-9-14-8-10/h7-9,11-12H,1-6H2. The van der Waals surface area contributed by atoms with Gasteiger partial charge in [-0.2, -0.15) is 0 Å². The fourth-order valence-electron chi connectivity index (χ4n) is 1.79. The Morgan fingerprint density at radius 3 is 3.00 bits per heavy atom. The number of nitrogens with zero attached hydrogens (tertiary/aromatic N) is 2. The van der Waals surface area contributed by atoms with Crippen molar-refractivity contribution in [3.63, 3.8) is 0 Å². The highest BCUT2D eigenvalue weighted by molar-refractivity contribution is 5.01. The molecule has 2 heterocycles. The number of rotatable bonds is 5. The van der Waals surface area contributed by atoms with Gasteiger partial charge in [-0.1, -0.05) is 0 Å². The lowest BCUT2D eigenvalue weighted by molar-refractivity contribution is 0.104. The summed E-state index contributed by atoms with van der Waals surface area (Å²) >= 11 is 0. The van der Waals surface area contributed by atoms with E-state index >= 15 is 0 Å². The van der Waals surface area contributed by atoms with Crippen LogP contribution in [0.5, 0.6) is 0 Å². The van der Waals surface area contributed by atoms with Crippen molar-refractivity contribution in [1.29, 1.82) is 0 Å². The lowest BCUT2D eigenvalue weighted by Gasteiger charge is -2.09. The van der Waals surface area contributed by atoms with Crippen molar-refractivity contribution in [2.45, 2.75) is 31.9 Å². The quantitative estimate of drug-likeness (QED) is 0.735. The van der Waals surface area contributed by atoms with Gasteiger partial charge in [0.1, 0.15) is 6.33 Å². The number of hydrogen-bond acceptors (Lipinski definition) is 4. The maximum absolute atomic E-state index is 5.54. The summed E-state index contributed by atoms with van der Waals surface area (Å²) in [6.07, 6.45) is 9.25. The first-order valence-electron chi connectivity index (χ1n) is 5.51. The Morgan fingerprint density at radius 1 is 1.40 bits per heavy atom. The molecule has 2 rings (SSSR count). The van der Waals surface area contributed by atoms with Crippen LogP contribution >= 0.6 is 0 Å². The number of aromatic nitrogens is 2. The van der Waals surface area contributed by atoms with Gasteiger partial charge in [0.2, 0.25) is 0 Å². The Hall–Kier alpha value is -1.00. The van der Waals surface area contributed by atoms with Crippen LogP contribution in [0.3, 0.4) is 0 Å². The van der Waals surface area contributed by atoms with Crippen molar-refractivity contribution in [1.82, 2.24) is 15.3 Å². The third-order valence-electron chi connectivity index (χ3n) is 2.61. The molecule has 0 aromatic carbocycles. The Balaban J connectivity index is 1.59. The fourth-order valence-corrected chi connectivity index (χ4v) is 1.79. The van der Waals surface area contributed by atoms with E-state index in [1.54, 1.807) is 6.33 Å². The average molecular weight is 207 g/mol. The van der Waals surface area contributed by atoms with Gasteiger partial charge >= 0.3 is 0 Å². The predicted molar refractivity (Wildman–Crippen MR) is 57.3 cm³/mol. The van der Waals surface area contributed by atoms with Crippen LogP contribution < -0.4 is 5.32 Å². The topological polar surface area (TPSA) is 47.0 Å². The van der Waals surface area contributed by atoms with E-state index in [1.807, 2.05) is 12.4 Å². The number of nitrogens with one attached hydrogen (secondary N) is 1. The Labute approximate surface area is 90.1 Å². The van der Waals surface area contributed by atoms with Crippen LogP contribution in [-0.4, -0.2) is 29.2 Å². The van der Waals surface area contributed by atoms with Gasteiger partial charge in [0.05, 0.1) is 6.10 Å². The van der Waals surface area contributed by atoms with Crippen LogP contribution in [0.15, 0.2) is 18.7 Å². The van der Waals surface area contributed by atoms with E-state index in [0.717, 1.165) is 31.7 Å². The van der Waals surface area contributed by atoms with Crippen molar-refractivity contribution >= 4 is 0 Å². The van der Waals surface area contributed by atoms with Gasteiger partial charge in [-0.05, 0) is 25.8 Å². The highest BCUT2D eigenvalue weighted by atomic mass is 16.5. The Morgan fingerprint density at radius 2 is 2.27 bits per heavy atom. The lowest BCUT2D eigenvalue weighted by atomic mass is 10.2. The summed E-state index contributed by atoms with van der Waals surface area (Å²) in [5.41, 5.74) is 1.13. The zero-order valence-corrected chi connectivity index (χ0v) is 8.85. The van der Waals surface area contributed by atoms with Crippen LogP contribution in [0.4, 0.5) is 0 Å². The monoisotopic (exact) mass is 207 g/mol. The zero-order valence-electron chi connectivity index (χ0n) is 8.85. The molecule has 1 aromatic heterocycles. The average Bonchev–Trinajstić information content (AvgIpc) is 2.79. The SMILES string of the molecule is c1ncc(CNCCC2CCCO2)cn1. The van der Waals surface area contributed by atoms with Gasteiger partial charge in [0.25, 0.3) is 0 Å². The molecular formula is C11H17N3O.